The molecule has 1 aromatic heterocycles. The predicted molar refractivity (Wildman–Crippen MR) is 103 cm³/mol. The Bertz CT molecular complexity index is 941. The summed E-state index contributed by atoms with van der Waals surface area (Å²) in [6, 6.07) is 9.05. The van der Waals surface area contributed by atoms with Crippen molar-refractivity contribution in [1.82, 2.24) is 9.88 Å². The number of hydrogen-bond acceptors (Lipinski definition) is 5. The van der Waals surface area contributed by atoms with E-state index < -0.39 is 9.84 Å². The van der Waals surface area contributed by atoms with Crippen LogP contribution in [0.4, 0.5) is 11.5 Å². The van der Waals surface area contributed by atoms with Gasteiger partial charge in [-0.1, -0.05) is 12.1 Å². The molecule has 26 heavy (non-hydrogen) atoms. The normalized spacial score (nSPS) is 18.5. The highest BCUT2D eigenvalue weighted by Gasteiger charge is 2.33. The van der Waals surface area contributed by atoms with E-state index >= 15 is 0 Å². The Hall–Kier alpha value is -2.41. The highest BCUT2D eigenvalue weighted by atomic mass is 32.2. The van der Waals surface area contributed by atoms with Crippen molar-refractivity contribution in [3.05, 3.63) is 53.2 Å². The number of anilines is 2. The van der Waals surface area contributed by atoms with E-state index in [-0.39, 0.29) is 23.5 Å². The van der Waals surface area contributed by atoms with Gasteiger partial charge in [0.2, 0.25) is 0 Å². The number of hydrogen-bond donors (Lipinski definition) is 1. The molecule has 1 fully saturated rings. The predicted octanol–water partition coefficient (Wildman–Crippen LogP) is 2.70. The average Bonchev–Trinajstić information content (AvgIpc) is 2.98. The summed E-state index contributed by atoms with van der Waals surface area (Å²) in [6.45, 7) is 4.07. The lowest BCUT2D eigenvalue weighted by Gasteiger charge is -2.23. The molecule has 0 radical (unpaired) electrons. The van der Waals surface area contributed by atoms with Gasteiger partial charge in [-0.3, -0.25) is 4.79 Å². The van der Waals surface area contributed by atoms with E-state index in [2.05, 4.69) is 10.3 Å². The first kappa shape index (κ1) is 18.4. The van der Waals surface area contributed by atoms with Crippen molar-refractivity contribution in [2.45, 2.75) is 26.3 Å². The fraction of sp³-hybridized carbons (Fsp3) is 0.368. The number of amides is 1. The van der Waals surface area contributed by atoms with Gasteiger partial charge in [-0.05, 0) is 49.6 Å². The first-order valence-corrected chi connectivity index (χ1v) is 10.4. The maximum absolute atomic E-state index is 12.7. The molecule has 1 aliphatic heterocycles. The zero-order valence-corrected chi connectivity index (χ0v) is 16.0. The second-order valence-corrected chi connectivity index (χ2v) is 9.00. The maximum Gasteiger partial charge on any atom is 0.254 e. The third kappa shape index (κ3) is 3.88. The van der Waals surface area contributed by atoms with E-state index in [1.807, 2.05) is 32.0 Å². The van der Waals surface area contributed by atoms with E-state index in [4.69, 9.17) is 0 Å². The molecule has 2 aromatic rings. The number of sulfone groups is 1. The van der Waals surface area contributed by atoms with Crippen molar-refractivity contribution in [2.75, 3.05) is 23.9 Å². The topological polar surface area (TPSA) is 79.4 Å². The summed E-state index contributed by atoms with van der Waals surface area (Å²) in [6.07, 6.45) is 2.07. The number of carbonyl (C=O) groups is 1. The van der Waals surface area contributed by atoms with E-state index in [0.717, 1.165) is 11.3 Å². The van der Waals surface area contributed by atoms with Crippen molar-refractivity contribution >= 4 is 27.2 Å². The monoisotopic (exact) mass is 373 g/mol. The Balaban J connectivity index is 1.78. The molecule has 0 saturated carbocycles. The van der Waals surface area contributed by atoms with Gasteiger partial charge in [-0.15, -0.1) is 0 Å². The lowest BCUT2D eigenvalue weighted by molar-refractivity contribution is 0.0747. The molecule has 1 atom stereocenters. The zero-order valence-electron chi connectivity index (χ0n) is 15.2. The molecule has 1 aliphatic rings. The van der Waals surface area contributed by atoms with Crippen molar-refractivity contribution in [3.63, 3.8) is 0 Å². The highest BCUT2D eigenvalue weighted by Crippen LogP contribution is 2.23. The Morgan fingerprint density at radius 2 is 2.04 bits per heavy atom. The Kier molecular flexibility index (Phi) is 5.00. The number of benzene rings is 1. The number of carbonyl (C=O) groups excluding carboxylic acids is 1. The molecule has 1 amide bonds. The lowest BCUT2D eigenvalue weighted by atomic mass is 10.1. The molecule has 3 rings (SSSR count). The molecule has 2 heterocycles. The van der Waals surface area contributed by atoms with Gasteiger partial charge in [0.15, 0.2) is 9.84 Å². The van der Waals surface area contributed by atoms with Crippen LogP contribution in [0.3, 0.4) is 0 Å². The molecule has 1 unspecified atom stereocenters. The van der Waals surface area contributed by atoms with Crippen LogP contribution in [-0.2, 0) is 9.84 Å². The third-order valence-corrected chi connectivity index (χ3v) is 6.70. The largest absolute Gasteiger partial charge is 0.340 e. The zero-order chi connectivity index (χ0) is 18.9. The first-order chi connectivity index (χ1) is 12.3. The summed E-state index contributed by atoms with van der Waals surface area (Å²) < 4.78 is 23.3. The Morgan fingerprint density at radius 3 is 2.73 bits per heavy atom. The van der Waals surface area contributed by atoms with Crippen molar-refractivity contribution in [1.29, 1.82) is 0 Å². The van der Waals surface area contributed by atoms with E-state index in [0.29, 0.717) is 17.8 Å². The minimum atomic E-state index is -3.03. The van der Waals surface area contributed by atoms with Crippen LogP contribution in [0.25, 0.3) is 0 Å². The highest BCUT2D eigenvalue weighted by molar-refractivity contribution is 7.91. The average molecular weight is 373 g/mol. The smallest absolute Gasteiger partial charge is 0.254 e. The molecule has 0 aliphatic carbocycles. The summed E-state index contributed by atoms with van der Waals surface area (Å²) >= 11 is 0. The molecule has 6 nitrogen and oxygen atoms in total. The quantitative estimate of drug-likeness (QED) is 0.891. The fourth-order valence-corrected chi connectivity index (χ4v) is 4.88. The van der Waals surface area contributed by atoms with Crippen LogP contribution in [0, 0.1) is 13.8 Å². The number of aromatic nitrogens is 1. The lowest BCUT2D eigenvalue weighted by Crippen LogP contribution is -2.37. The van der Waals surface area contributed by atoms with E-state index in [1.165, 1.54) is 10.5 Å². The molecule has 1 saturated heterocycles. The first-order valence-electron chi connectivity index (χ1n) is 8.54. The molecule has 138 valence electrons. The number of nitrogens with zero attached hydrogens (tertiary/aromatic N) is 2. The second-order valence-electron chi connectivity index (χ2n) is 6.78. The molecule has 1 aromatic carbocycles. The van der Waals surface area contributed by atoms with Gasteiger partial charge in [-0.2, -0.15) is 0 Å². The van der Waals surface area contributed by atoms with E-state index in [9.17, 15) is 13.2 Å². The number of aryl methyl sites for hydroxylation is 1. The minimum Gasteiger partial charge on any atom is -0.340 e. The van der Waals surface area contributed by atoms with Crippen molar-refractivity contribution in [3.8, 4) is 0 Å². The van der Waals surface area contributed by atoms with Gasteiger partial charge in [0.1, 0.15) is 5.82 Å². The third-order valence-electron chi connectivity index (χ3n) is 4.95. The summed E-state index contributed by atoms with van der Waals surface area (Å²) in [5, 5.41) is 3.25. The van der Waals surface area contributed by atoms with E-state index in [1.54, 1.807) is 25.4 Å². The molecule has 7 heteroatoms. The Labute approximate surface area is 154 Å². The van der Waals surface area contributed by atoms with Crippen molar-refractivity contribution < 1.29 is 13.2 Å². The van der Waals surface area contributed by atoms with Crippen LogP contribution in [-0.4, -0.2) is 48.8 Å². The molecule has 0 bridgehead atoms. The van der Waals surface area contributed by atoms with Crippen LogP contribution in [0.1, 0.15) is 27.9 Å². The SMILES string of the molecule is Cc1cccc(Nc2cc(C(=O)N(C)C3CCS(=O)(=O)C3)ccn2)c1C. The minimum absolute atomic E-state index is 0.0356. The van der Waals surface area contributed by atoms with Gasteiger partial charge in [0.05, 0.1) is 11.5 Å². The van der Waals surface area contributed by atoms with Crippen LogP contribution in [0.2, 0.25) is 0 Å². The summed E-state index contributed by atoms with van der Waals surface area (Å²) in [5.74, 6) is 0.564. The summed E-state index contributed by atoms with van der Waals surface area (Å²) in [4.78, 5) is 18.6. The van der Waals surface area contributed by atoms with Gasteiger partial charge in [-0.25, -0.2) is 13.4 Å². The van der Waals surface area contributed by atoms with Gasteiger partial charge >= 0.3 is 0 Å². The second kappa shape index (κ2) is 7.07. The number of pyridine rings is 1. The van der Waals surface area contributed by atoms with Gasteiger partial charge < -0.3 is 10.2 Å². The van der Waals surface area contributed by atoms with Gasteiger partial charge in [0, 0.05) is 30.5 Å². The molecule has 1 N–H and O–H groups in total. The fourth-order valence-electron chi connectivity index (χ4n) is 3.11. The van der Waals surface area contributed by atoms with Crippen LogP contribution >= 0.6 is 0 Å². The number of rotatable bonds is 4. The summed E-state index contributed by atoms with van der Waals surface area (Å²) in [7, 11) is -1.37. The molecular formula is C19H23N3O3S. The molecule has 0 spiro atoms. The van der Waals surface area contributed by atoms with Crippen LogP contribution in [0.15, 0.2) is 36.5 Å². The van der Waals surface area contributed by atoms with Crippen LogP contribution in [0.5, 0.6) is 0 Å². The van der Waals surface area contributed by atoms with Crippen LogP contribution < -0.4 is 5.32 Å². The maximum atomic E-state index is 12.7. The van der Waals surface area contributed by atoms with Crippen molar-refractivity contribution in [2.24, 2.45) is 0 Å². The number of nitrogens with one attached hydrogen (secondary N) is 1. The standard InChI is InChI=1S/C19H23N3O3S/c1-13-5-4-6-17(14(13)2)21-18-11-15(7-9-20-18)19(23)22(3)16-8-10-26(24,25)12-16/h4-7,9,11,16H,8,10,12H2,1-3H3,(H,20,21). The molecular weight excluding hydrogens is 350 g/mol. The van der Waals surface area contributed by atoms with Gasteiger partial charge in [0.25, 0.3) is 5.91 Å². The Morgan fingerprint density at radius 1 is 1.27 bits per heavy atom. The summed E-state index contributed by atoms with van der Waals surface area (Å²) in [5.41, 5.74) is 3.72.